The molecule has 0 saturated carbocycles. The topological polar surface area (TPSA) is 106 Å². The fourth-order valence-corrected chi connectivity index (χ4v) is 5.71. The highest BCUT2D eigenvalue weighted by molar-refractivity contribution is 6.29. The molecule has 1 aliphatic rings. The second kappa shape index (κ2) is 11.5. The van der Waals surface area contributed by atoms with Crippen molar-refractivity contribution in [3.8, 4) is 5.69 Å². The zero-order chi connectivity index (χ0) is 31.2. The Bertz CT molecular complexity index is 1900. The van der Waals surface area contributed by atoms with E-state index in [2.05, 4.69) is 20.3 Å². The van der Waals surface area contributed by atoms with Gasteiger partial charge in [0.2, 0.25) is 0 Å². The Balaban J connectivity index is 1.42. The van der Waals surface area contributed by atoms with Gasteiger partial charge in [-0.3, -0.25) is 9.69 Å². The maximum atomic E-state index is 15.9. The van der Waals surface area contributed by atoms with Gasteiger partial charge in [0.25, 0.3) is 5.91 Å². The van der Waals surface area contributed by atoms with Gasteiger partial charge in [-0.05, 0) is 81.8 Å². The van der Waals surface area contributed by atoms with E-state index < -0.39 is 29.5 Å². The third-order valence-electron chi connectivity index (χ3n) is 7.53. The first-order valence-corrected chi connectivity index (χ1v) is 14.7. The lowest BCUT2D eigenvalue weighted by molar-refractivity contribution is 0.0196. The fraction of sp³-hybridized carbons (Fsp3) is 0.312. The molecule has 2 aromatic carbocycles. The highest BCUT2D eigenvalue weighted by atomic mass is 35.5. The molecule has 3 aromatic heterocycles. The molecule has 0 spiro atoms. The van der Waals surface area contributed by atoms with Crippen molar-refractivity contribution < 1.29 is 18.7 Å². The van der Waals surface area contributed by atoms with Crippen LogP contribution < -0.4 is 4.90 Å². The highest BCUT2D eigenvalue weighted by Gasteiger charge is 2.36. The highest BCUT2D eigenvalue weighted by Crippen LogP contribution is 2.33. The number of aromatic nitrogens is 5. The third-order valence-corrected chi connectivity index (χ3v) is 7.74. The minimum atomic E-state index is -0.750. The molecular weight excluding hydrogens is 585 g/mol. The van der Waals surface area contributed by atoms with Crippen molar-refractivity contribution in [2.45, 2.75) is 52.2 Å². The maximum absolute atomic E-state index is 15.9. The Morgan fingerprint density at radius 2 is 1.93 bits per heavy atom. The van der Waals surface area contributed by atoms with Crippen LogP contribution in [0.1, 0.15) is 49.5 Å². The van der Waals surface area contributed by atoms with Crippen molar-refractivity contribution in [2.24, 2.45) is 0 Å². The van der Waals surface area contributed by atoms with E-state index in [1.165, 1.54) is 21.7 Å². The number of benzene rings is 2. The maximum Gasteiger partial charge on any atom is 0.410 e. The first-order valence-electron chi connectivity index (χ1n) is 14.3. The Hall–Kier alpha value is -4.64. The van der Waals surface area contributed by atoms with E-state index in [1.54, 1.807) is 29.3 Å². The lowest BCUT2D eigenvalue weighted by Crippen LogP contribution is -2.53. The number of carbonyl (C=O) groups excluding carboxylic acids is 2. The van der Waals surface area contributed by atoms with Crippen molar-refractivity contribution in [1.29, 1.82) is 0 Å². The molecule has 1 atom stereocenters. The monoisotopic (exact) mass is 615 g/mol. The fourth-order valence-electron chi connectivity index (χ4n) is 5.56. The molecule has 4 heterocycles. The summed E-state index contributed by atoms with van der Waals surface area (Å²) in [7, 11) is 0. The second-order valence-corrected chi connectivity index (χ2v) is 12.2. The number of aryl methyl sites for hydroxylation is 1. The lowest BCUT2D eigenvalue weighted by Gasteiger charge is -2.39. The molecule has 0 N–H and O–H groups in total. The van der Waals surface area contributed by atoms with Gasteiger partial charge in [-0.15, -0.1) is 5.10 Å². The summed E-state index contributed by atoms with van der Waals surface area (Å²) in [4.78, 5) is 39.5. The van der Waals surface area contributed by atoms with E-state index in [4.69, 9.17) is 16.3 Å². The van der Waals surface area contributed by atoms with Gasteiger partial charge in [0.05, 0.1) is 17.3 Å². The van der Waals surface area contributed by atoms with E-state index in [0.717, 1.165) is 16.3 Å². The zero-order valence-electron chi connectivity index (χ0n) is 24.8. The van der Waals surface area contributed by atoms with Crippen LogP contribution in [0, 0.1) is 12.7 Å². The number of anilines is 1. The first kappa shape index (κ1) is 29.4. The number of halogens is 2. The summed E-state index contributed by atoms with van der Waals surface area (Å²) in [6.07, 6.45) is 2.40. The van der Waals surface area contributed by atoms with Gasteiger partial charge in [-0.25, -0.2) is 19.2 Å². The molecule has 0 aliphatic carbocycles. The summed E-state index contributed by atoms with van der Waals surface area (Å²) >= 11 is 6.07. The molecule has 1 fully saturated rings. The lowest BCUT2D eigenvalue weighted by atomic mass is 10.00. The van der Waals surface area contributed by atoms with Gasteiger partial charge in [0.1, 0.15) is 27.9 Å². The van der Waals surface area contributed by atoms with Crippen LogP contribution >= 0.6 is 11.6 Å². The number of hydrogen-bond acceptors (Lipinski definition) is 7. The quantitative estimate of drug-likeness (QED) is 0.212. The average molecular weight is 616 g/mol. The molecular formula is C32H31ClFN7O3. The molecule has 0 unspecified atom stereocenters. The van der Waals surface area contributed by atoms with Gasteiger partial charge in [-0.1, -0.05) is 35.0 Å². The summed E-state index contributed by atoms with van der Waals surface area (Å²) in [5.41, 5.74) is 1.28. The Morgan fingerprint density at radius 3 is 2.70 bits per heavy atom. The molecule has 44 heavy (non-hydrogen) atoms. The summed E-state index contributed by atoms with van der Waals surface area (Å²) in [6, 6.07) is 14.7. The van der Waals surface area contributed by atoms with E-state index >= 15 is 4.39 Å². The van der Waals surface area contributed by atoms with Crippen LogP contribution in [0.15, 0.2) is 60.8 Å². The van der Waals surface area contributed by atoms with Crippen molar-refractivity contribution in [2.75, 3.05) is 18.0 Å². The van der Waals surface area contributed by atoms with Gasteiger partial charge in [0, 0.05) is 30.7 Å². The van der Waals surface area contributed by atoms with Crippen LogP contribution in [-0.2, 0) is 4.74 Å². The molecule has 1 saturated heterocycles. The van der Waals surface area contributed by atoms with Crippen molar-refractivity contribution in [3.05, 3.63) is 82.9 Å². The van der Waals surface area contributed by atoms with Crippen molar-refractivity contribution >= 4 is 51.4 Å². The van der Waals surface area contributed by atoms with Crippen LogP contribution in [0.2, 0.25) is 5.15 Å². The summed E-state index contributed by atoms with van der Waals surface area (Å²) < 4.78 is 22.9. The average Bonchev–Trinajstić information content (AvgIpc) is 3.40. The Labute approximate surface area is 258 Å². The predicted octanol–water partition coefficient (Wildman–Crippen LogP) is 6.51. The van der Waals surface area contributed by atoms with E-state index in [9.17, 15) is 9.59 Å². The molecule has 2 amide bonds. The second-order valence-electron chi connectivity index (χ2n) is 11.8. The van der Waals surface area contributed by atoms with Gasteiger partial charge < -0.3 is 9.64 Å². The van der Waals surface area contributed by atoms with Crippen LogP contribution in [0.3, 0.4) is 0 Å². The largest absolute Gasteiger partial charge is 0.444 e. The number of fused-ring (bicyclic) bond motifs is 2. The number of amides is 2. The predicted molar refractivity (Wildman–Crippen MR) is 166 cm³/mol. The smallest absolute Gasteiger partial charge is 0.410 e. The first-order chi connectivity index (χ1) is 21.0. The summed E-state index contributed by atoms with van der Waals surface area (Å²) in [5, 5.41) is 10.1. The SMILES string of the molecule is Cc1cccc2ccnc(N(C(=O)c3ccc(-n4nnc5ccc(Cl)nc54)cc3F)[C@@H]3CCCN(C(=O)OC(C)(C)C)C3)c12. The number of pyridine rings is 2. The third kappa shape index (κ3) is 5.67. The van der Waals surface area contributed by atoms with Crippen LogP contribution in [0.4, 0.5) is 15.0 Å². The molecule has 0 bridgehead atoms. The number of piperidine rings is 1. The van der Waals surface area contributed by atoms with E-state index in [1.807, 2.05) is 52.0 Å². The van der Waals surface area contributed by atoms with Gasteiger partial charge in [0.15, 0.2) is 5.65 Å². The molecule has 12 heteroatoms. The molecule has 1 aliphatic heterocycles. The minimum absolute atomic E-state index is 0.147. The van der Waals surface area contributed by atoms with Gasteiger partial charge in [-0.2, -0.15) is 4.68 Å². The minimum Gasteiger partial charge on any atom is -0.444 e. The number of likely N-dealkylation sites (tertiary alicyclic amines) is 1. The number of nitrogens with zero attached hydrogens (tertiary/aromatic N) is 7. The summed E-state index contributed by atoms with van der Waals surface area (Å²) in [6.45, 7) is 8.07. The zero-order valence-corrected chi connectivity index (χ0v) is 25.5. The normalized spacial score (nSPS) is 15.5. The van der Waals surface area contributed by atoms with E-state index in [0.29, 0.717) is 42.1 Å². The summed E-state index contributed by atoms with van der Waals surface area (Å²) in [5.74, 6) is -0.913. The van der Waals surface area contributed by atoms with Crippen LogP contribution in [0.25, 0.3) is 27.6 Å². The van der Waals surface area contributed by atoms with Crippen molar-refractivity contribution in [1.82, 2.24) is 29.9 Å². The molecule has 0 radical (unpaired) electrons. The number of ether oxygens (including phenoxy) is 1. The molecule has 226 valence electrons. The standard InChI is InChI=1S/C32H31ClFN7O3/c1-19-7-5-8-20-14-15-35-29(27(19)20)40(22-9-6-16-39(18-22)31(43)44-32(2,3)4)30(42)23-11-10-21(17-24(23)34)41-28-25(37-38-41)12-13-26(33)36-28/h5,7-8,10-15,17,22H,6,9,16,18H2,1-4H3/t22-/m1/s1. The van der Waals surface area contributed by atoms with Crippen molar-refractivity contribution in [3.63, 3.8) is 0 Å². The van der Waals surface area contributed by atoms with E-state index in [-0.39, 0.29) is 17.3 Å². The molecule has 10 nitrogen and oxygen atoms in total. The van der Waals surface area contributed by atoms with Crippen LogP contribution in [0.5, 0.6) is 0 Å². The number of carbonyl (C=O) groups is 2. The Kier molecular flexibility index (Phi) is 7.66. The number of rotatable bonds is 4. The van der Waals surface area contributed by atoms with Gasteiger partial charge >= 0.3 is 6.09 Å². The van der Waals surface area contributed by atoms with Crippen LogP contribution in [-0.4, -0.2) is 66.6 Å². The molecule has 5 aromatic rings. The number of hydrogen-bond donors (Lipinski definition) is 0. The molecule has 6 rings (SSSR count). The Morgan fingerprint density at radius 1 is 1.11 bits per heavy atom.